The van der Waals surface area contributed by atoms with E-state index in [0.29, 0.717) is 39.0 Å². The van der Waals surface area contributed by atoms with Crippen molar-refractivity contribution in [2.24, 2.45) is 13.0 Å². The lowest BCUT2D eigenvalue weighted by molar-refractivity contribution is -0.146. The Morgan fingerprint density at radius 3 is 2.79 bits per heavy atom. The Labute approximate surface area is 140 Å². The molecule has 2 heterocycles. The van der Waals surface area contributed by atoms with Crippen molar-refractivity contribution in [1.82, 2.24) is 19.6 Å². The van der Waals surface area contributed by atoms with E-state index in [1.807, 2.05) is 19.3 Å². The molecule has 136 valence electrons. The molecule has 1 saturated heterocycles. The van der Waals surface area contributed by atoms with Gasteiger partial charge in [0, 0.05) is 45.7 Å². The van der Waals surface area contributed by atoms with Crippen molar-refractivity contribution in [1.29, 1.82) is 0 Å². The van der Waals surface area contributed by atoms with Crippen LogP contribution in [0.4, 0.5) is 13.2 Å². The highest BCUT2D eigenvalue weighted by atomic mass is 19.4. The summed E-state index contributed by atoms with van der Waals surface area (Å²) >= 11 is 0. The number of carbonyl (C=O) groups excluding carboxylic acids is 1. The van der Waals surface area contributed by atoms with Crippen LogP contribution >= 0.6 is 0 Å². The molecular weight excluding hydrogens is 321 g/mol. The fraction of sp³-hybridized carbons (Fsp3) is 0.750. The average Bonchev–Trinajstić information content (AvgIpc) is 3.12. The second-order valence-corrected chi connectivity index (χ2v) is 6.42. The van der Waals surface area contributed by atoms with Gasteiger partial charge in [-0.3, -0.25) is 14.4 Å². The van der Waals surface area contributed by atoms with E-state index in [-0.39, 0.29) is 11.8 Å². The first-order valence-electron chi connectivity index (χ1n) is 8.32. The van der Waals surface area contributed by atoms with Crippen molar-refractivity contribution in [3.05, 3.63) is 18.0 Å². The van der Waals surface area contributed by atoms with Gasteiger partial charge in [-0.05, 0) is 24.9 Å². The molecule has 1 unspecified atom stereocenters. The Morgan fingerprint density at radius 1 is 1.46 bits per heavy atom. The quantitative estimate of drug-likeness (QED) is 0.759. The largest absolute Gasteiger partial charge is 0.401 e. The van der Waals surface area contributed by atoms with E-state index in [1.165, 1.54) is 4.90 Å². The number of likely N-dealkylation sites (tertiary alicyclic amines) is 1. The highest BCUT2D eigenvalue weighted by Crippen LogP contribution is 2.22. The number of carbonyl (C=O) groups is 1. The Morgan fingerprint density at radius 2 is 2.21 bits per heavy atom. The molecule has 0 N–H and O–H groups in total. The predicted molar refractivity (Wildman–Crippen MR) is 84.4 cm³/mol. The van der Waals surface area contributed by atoms with E-state index in [9.17, 15) is 18.0 Å². The first kappa shape index (κ1) is 18.8. The maximum Gasteiger partial charge on any atom is 0.401 e. The SMILES string of the molecule is CCN(CC1CCN(C(=O)CCc2ccn(C)n2)C1)CC(F)(F)F. The fourth-order valence-electron chi connectivity index (χ4n) is 3.12. The lowest BCUT2D eigenvalue weighted by Crippen LogP contribution is -2.38. The standard InChI is InChI=1S/C16H25F3N4O/c1-3-22(12-16(17,18)19)10-13-6-9-23(11-13)15(24)5-4-14-7-8-21(2)20-14/h7-8,13H,3-6,9-12H2,1-2H3. The smallest absolute Gasteiger partial charge is 0.342 e. The zero-order valence-corrected chi connectivity index (χ0v) is 14.2. The third-order valence-electron chi connectivity index (χ3n) is 4.37. The molecular formula is C16H25F3N4O. The van der Waals surface area contributed by atoms with E-state index in [1.54, 1.807) is 16.5 Å². The van der Waals surface area contributed by atoms with Crippen molar-refractivity contribution in [2.75, 3.05) is 32.7 Å². The molecule has 2 rings (SSSR count). The first-order chi connectivity index (χ1) is 11.3. The van der Waals surface area contributed by atoms with Crippen LogP contribution in [0.2, 0.25) is 0 Å². The third-order valence-corrected chi connectivity index (χ3v) is 4.37. The lowest BCUT2D eigenvalue weighted by atomic mass is 10.1. The summed E-state index contributed by atoms with van der Waals surface area (Å²) in [6, 6.07) is 1.89. The van der Waals surface area contributed by atoms with Crippen LogP contribution in [0.25, 0.3) is 0 Å². The molecule has 1 atom stereocenters. The van der Waals surface area contributed by atoms with Gasteiger partial charge in [-0.15, -0.1) is 0 Å². The molecule has 0 bridgehead atoms. The maximum absolute atomic E-state index is 12.5. The molecule has 1 aromatic heterocycles. The number of rotatable bonds is 7. The second-order valence-electron chi connectivity index (χ2n) is 6.42. The van der Waals surface area contributed by atoms with Gasteiger partial charge in [0.2, 0.25) is 5.91 Å². The summed E-state index contributed by atoms with van der Waals surface area (Å²) in [5, 5.41) is 4.24. The van der Waals surface area contributed by atoms with Gasteiger partial charge in [-0.25, -0.2) is 0 Å². The Balaban J connectivity index is 1.76. The van der Waals surface area contributed by atoms with Crippen molar-refractivity contribution in [3.63, 3.8) is 0 Å². The number of aromatic nitrogens is 2. The summed E-state index contributed by atoms with van der Waals surface area (Å²) in [4.78, 5) is 15.4. The van der Waals surface area contributed by atoms with Gasteiger partial charge in [0.25, 0.3) is 0 Å². The molecule has 1 fully saturated rings. The van der Waals surface area contributed by atoms with Gasteiger partial charge in [0.05, 0.1) is 12.2 Å². The fourth-order valence-corrected chi connectivity index (χ4v) is 3.12. The molecule has 0 saturated carbocycles. The molecule has 5 nitrogen and oxygen atoms in total. The minimum atomic E-state index is -4.17. The van der Waals surface area contributed by atoms with Gasteiger partial charge < -0.3 is 4.90 Å². The van der Waals surface area contributed by atoms with E-state index >= 15 is 0 Å². The van der Waals surface area contributed by atoms with Crippen LogP contribution in [-0.4, -0.2) is 64.4 Å². The van der Waals surface area contributed by atoms with E-state index in [4.69, 9.17) is 0 Å². The zero-order chi connectivity index (χ0) is 17.7. The molecule has 8 heteroatoms. The van der Waals surface area contributed by atoms with Crippen LogP contribution in [0.3, 0.4) is 0 Å². The molecule has 1 aliphatic heterocycles. The predicted octanol–water partition coefficient (Wildman–Crippen LogP) is 2.09. The van der Waals surface area contributed by atoms with Crippen molar-refractivity contribution in [2.45, 2.75) is 32.4 Å². The van der Waals surface area contributed by atoms with Crippen LogP contribution in [0.15, 0.2) is 12.3 Å². The normalized spacial score (nSPS) is 18.6. The van der Waals surface area contributed by atoms with E-state index < -0.39 is 12.7 Å². The number of alkyl halides is 3. The van der Waals surface area contributed by atoms with Crippen LogP contribution < -0.4 is 0 Å². The number of hydrogen-bond acceptors (Lipinski definition) is 3. The number of halogens is 3. The van der Waals surface area contributed by atoms with Gasteiger partial charge in [0.15, 0.2) is 0 Å². The third kappa shape index (κ3) is 5.81. The molecule has 0 aromatic carbocycles. The minimum Gasteiger partial charge on any atom is -0.342 e. The van der Waals surface area contributed by atoms with Gasteiger partial charge in [0.1, 0.15) is 0 Å². The summed E-state index contributed by atoms with van der Waals surface area (Å²) < 4.78 is 39.3. The molecule has 24 heavy (non-hydrogen) atoms. The second kappa shape index (κ2) is 8.00. The van der Waals surface area contributed by atoms with Crippen molar-refractivity contribution >= 4 is 5.91 Å². The maximum atomic E-state index is 12.5. The topological polar surface area (TPSA) is 41.4 Å². The number of amides is 1. The molecule has 0 aliphatic carbocycles. The summed E-state index contributed by atoms with van der Waals surface area (Å²) in [6.07, 6.45) is -0.581. The summed E-state index contributed by atoms with van der Waals surface area (Å²) in [6.45, 7) is 2.79. The highest BCUT2D eigenvalue weighted by molar-refractivity contribution is 5.76. The highest BCUT2D eigenvalue weighted by Gasteiger charge is 2.33. The minimum absolute atomic E-state index is 0.0574. The number of nitrogens with zero attached hydrogens (tertiary/aromatic N) is 4. The number of hydrogen-bond donors (Lipinski definition) is 0. The molecule has 0 radical (unpaired) electrons. The Kier molecular flexibility index (Phi) is 6.26. The van der Waals surface area contributed by atoms with Crippen molar-refractivity contribution in [3.8, 4) is 0 Å². The van der Waals surface area contributed by atoms with Crippen LogP contribution in [0, 0.1) is 5.92 Å². The molecule has 1 amide bonds. The molecule has 1 aliphatic rings. The van der Waals surface area contributed by atoms with Crippen molar-refractivity contribution < 1.29 is 18.0 Å². The summed E-state index contributed by atoms with van der Waals surface area (Å²) in [5.41, 5.74) is 0.879. The van der Waals surface area contributed by atoms with Crippen LogP contribution in [0.1, 0.15) is 25.5 Å². The monoisotopic (exact) mass is 346 g/mol. The van der Waals surface area contributed by atoms with Crippen LogP contribution in [-0.2, 0) is 18.3 Å². The Hall–Kier alpha value is -1.57. The zero-order valence-electron chi connectivity index (χ0n) is 14.2. The number of aryl methyl sites for hydroxylation is 2. The first-order valence-corrected chi connectivity index (χ1v) is 8.32. The van der Waals surface area contributed by atoms with Gasteiger partial charge >= 0.3 is 6.18 Å². The van der Waals surface area contributed by atoms with Gasteiger partial charge in [-0.1, -0.05) is 6.92 Å². The van der Waals surface area contributed by atoms with E-state index in [2.05, 4.69) is 5.10 Å². The Bertz CT molecular complexity index is 544. The van der Waals surface area contributed by atoms with Crippen LogP contribution in [0.5, 0.6) is 0 Å². The lowest BCUT2D eigenvalue weighted by Gasteiger charge is -2.25. The summed E-state index contributed by atoms with van der Waals surface area (Å²) in [5.74, 6) is 0.174. The molecule has 0 spiro atoms. The average molecular weight is 346 g/mol. The summed E-state index contributed by atoms with van der Waals surface area (Å²) in [7, 11) is 1.83. The van der Waals surface area contributed by atoms with E-state index in [0.717, 1.165) is 12.1 Å². The molecule has 1 aromatic rings. The van der Waals surface area contributed by atoms with Gasteiger partial charge in [-0.2, -0.15) is 18.3 Å².